The van der Waals surface area contributed by atoms with E-state index in [0.29, 0.717) is 0 Å². The predicted molar refractivity (Wildman–Crippen MR) is 66.0 cm³/mol. The molecule has 0 aromatic heterocycles. The van der Waals surface area contributed by atoms with Crippen LogP contribution in [0.5, 0.6) is 0 Å². The highest BCUT2D eigenvalue weighted by Crippen LogP contribution is 2.28. The van der Waals surface area contributed by atoms with Crippen LogP contribution in [0.15, 0.2) is 23.1 Å². The zero-order valence-electron chi connectivity index (χ0n) is 9.61. The summed E-state index contributed by atoms with van der Waals surface area (Å²) in [7, 11) is 0. The third-order valence-electron chi connectivity index (χ3n) is 2.30. The van der Waals surface area contributed by atoms with E-state index in [1.807, 2.05) is 13.8 Å². The van der Waals surface area contributed by atoms with Gasteiger partial charge in [0.05, 0.1) is 0 Å². The zero-order valence-corrected chi connectivity index (χ0v) is 10.4. The Hall–Kier alpha value is -0.580. The second-order valence-electron chi connectivity index (χ2n) is 4.07. The molecule has 2 nitrogen and oxygen atoms in total. The molecule has 1 aromatic carbocycles. The van der Waals surface area contributed by atoms with Crippen molar-refractivity contribution in [1.29, 1.82) is 0 Å². The summed E-state index contributed by atoms with van der Waals surface area (Å²) in [6, 6.07) is 4.50. The maximum Gasteiger partial charge on any atom is 0.123 e. The monoisotopic (exact) mass is 243 g/mol. The number of benzene rings is 1. The number of hydrogen-bond acceptors (Lipinski definition) is 3. The fourth-order valence-electron chi connectivity index (χ4n) is 1.29. The van der Waals surface area contributed by atoms with Crippen molar-refractivity contribution < 1.29 is 9.50 Å². The smallest absolute Gasteiger partial charge is 0.123 e. The molecule has 0 spiro atoms. The Morgan fingerprint density at radius 1 is 1.44 bits per heavy atom. The van der Waals surface area contributed by atoms with E-state index in [1.54, 1.807) is 17.8 Å². The maximum absolute atomic E-state index is 13.1. The molecule has 0 saturated carbocycles. The molecular formula is C12H18FNOS. The largest absolute Gasteiger partial charge is 0.396 e. The topological polar surface area (TPSA) is 46.2 Å². The van der Waals surface area contributed by atoms with Crippen LogP contribution in [0, 0.1) is 11.7 Å². The minimum absolute atomic E-state index is 0.168. The van der Waals surface area contributed by atoms with Gasteiger partial charge in [-0.05, 0) is 36.6 Å². The van der Waals surface area contributed by atoms with Gasteiger partial charge in [0.1, 0.15) is 5.82 Å². The minimum atomic E-state index is -0.258. The first-order valence-corrected chi connectivity index (χ1v) is 6.31. The second kappa shape index (κ2) is 6.23. The van der Waals surface area contributed by atoms with Crippen molar-refractivity contribution in [2.45, 2.75) is 24.8 Å². The molecule has 1 aromatic rings. The number of aliphatic hydroxyl groups is 1. The number of hydrogen-bond donors (Lipinski definition) is 2. The van der Waals surface area contributed by atoms with Crippen molar-refractivity contribution in [3.63, 3.8) is 0 Å². The van der Waals surface area contributed by atoms with Crippen molar-refractivity contribution in [1.82, 2.24) is 0 Å². The van der Waals surface area contributed by atoms with E-state index in [4.69, 9.17) is 10.8 Å². The van der Waals surface area contributed by atoms with E-state index in [-0.39, 0.29) is 24.4 Å². The Morgan fingerprint density at radius 3 is 2.69 bits per heavy atom. The summed E-state index contributed by atoms with van der Waals surface area (Å²) in [5, 5.41) is 8.94. The van der Waals surface area contributed by atoms with Crippen molar-refractivity contribution in [3.05, 3.63) is 29.6 Å². The lowest BCUT2D eigenvalue weighted by atomic mass is 10.1. The molecule has 2 atom stereocenters. The molecule has 0 amide bonds. The standard InChI is InChI=1S/C12H18FNOS/c1-8(6-15)7-16-12-4-3-10(13)5-11(12)9(2)14/h3-5,8-9,15H,6-7,14H2,1-2H3/t8?,9-/m1/s1. The van der Waals surface area contributed by atoms with E-state index >= 15 is 0 Å². The summed E-state index contributed by atoms with van der Waals surface area (Å²) < 4.78 is 13.1. The SMILES string of the molecule is CC(CO)CSc1ccc(F)cc1[C@@H](C)N. The first kappa shape index (κ1) is 13.5. The first-order valence-electron chi connectivity index (χ1n) is 5.33. The number of halogens is 1. The number of thioether (sulfide) groups is 1. The van der Waals surface area contributed by atoms with Gasteiger partial charge < -0.3 is 10.8 Å². The molecule has 1 rings (SSSR count). The van der Waals surface area contributed by atoms with Gasteiger partial charge in [-0.2, -0.15) is 0 Å². The Morgan fingerprint density at radius 2 is 2.12 bits per heavy atom. The number of rotatable bonds is 5. The molecule has 0 aliphatic carbocycles. The van der Waals surface area contributed by atoms with Crippen LogP contribution in [0.2, 0.25) is 0 Å². The maximum atomic E-state index is 13.1. The molecule has 0 bridgehead atoms. The van der Waals surface area contributed by atoms with E-state index in [9.17, 15) is 4.39 Å². The summed E-state index contributed by atoms with van der Waals surface area (Å²) in [6.45, 7) is 3.98. The van der Waals surface area contributed by atoms with Crippen molar-refractivity contribution in [3.8, 4) is 0 Å². The van der Waals surface area contributed by atoms with Gasteiger partial charge in [0.2, 0.25) is 0 Å². The lowest BCUT2D eigenvalue weighted by Crippen LogP contribution is -2.08. The predicted octanol–water partition coefficient (Wildman–Crippen LogP) is 2.57. The zero-order chi connectivity index (χ0) is 12.1. The van der Waals surface area contributed by atoms with Gasteiger partial charge in [0.25, 0.3) is 0 Å². The van der Waals surface area contributed by atoms with Crippen molar-refractivity contribution in [2.24, 2.45) is 11.7 Å². The van der Waals surface area contributed by atoms with E-state index in [1.165, 1.54) is 12.1 Å². The van der Waals surface area contributed by atoms with Crippen LogP contribution in [0.3, 0.4) is 0 Å². The van der Waals surface area contributed by atoms with Gasteiger partial charge in [-0.15, -0.1) is 11.8 Å². The average molecular weight is 243 g/mol. The molecule has 90 valence electrons. The van der Waals surface area contributed by atoms with Crippen LogP contribution in [0.4, 0.5) is 4.39 Å². The van der Waals surface area contributed by atoms with Gasteiger partial charge in [-0.25, -0.2) is 4.39 Å². The van der Waals surface area contributed by atoms with Gasteiger partial charge in [0, 0.05) is 23.3 Å². The molecule has 0 heterocycles. The number of aliphatic hydroxyl groups excluding tert-OH is 1. The second-order valence-corrected chi connectivity index (χ2v) is 5.13. The molecular weight excluding hydrogens is 225 g/mol. The summed E-state index contributed by atoms with van der Waals surface area (Å²) >= 11 is 1.61. The quantitative estimate of drug-likeness (QED) is 0.781. The van der Waals surface area contributed by atoms with Gasteiger partial charge >= 0.3 is 0 Å². The molecule has 0 fully saturated rings. The molecule has 0 aliphatic rings. The average Bonchev–Trinajstić information content (AvgIpc) is 2.26. The molecule has 16 heavy (non-hydrogen) atoms. The third-order valence-corrected chi connectivity index (χ3v) is 3.72. The number of nitrogens with two attached hydrogens (primary N) is 1. The normalized spacial score (nSPS) is 14.8. The summed E-state index contributed by atoms with van der Waals surface area (Å²) in [6.07, 6.45) is 0. The van der Waals surface area contributed by atoms with Crippen LogP contribution < -0.4 is 5.73 Å². The van der Waals surface area contributed by atoms with Crippen LogP contribution in [0.1, 0.15) is 25.5 Å². The summed E-state index contributed by atoms with van der Waals surface area (Å²) in [4.78, 5) is 0.997. The van der Waals surface area contributed by atoms with Crippen molar-refractivity contribution in [2.75, 3.05) is 12.4 Å². The Bertz CT molecular complexity index is 344. The fraction of sp³-hybridized carbons (Fsp3) is 0.500. The van der Waals surface area contributed by atoms with Crippen molar-refractivity contribution >= 4 is 11.8 Å². The lowest BCUT2D eigenvalue weighted by Gasteiger charge is -2.14. The summed E-state index contributed by atoms with van der Waals surface area (Å²) in [5.41, 5.74) is 6.62. The van der Waals surface area contributed by atoms with Gasteiger partial charge in [-0.1, -0.05) is 6.92 Å². The highest BCUT2D eigenvalue weighted by Gasteiger charge is 2.10. The molecule has 3 N–H and O–H groups in total. The van der Waals surface area contributed by atoms with Crippen LogP contribution in [0.25, 0.3) is 0 Å². The Kier molecular flexibility index (Phi) is 5.25. The minimum Gasteiger partial charge on any atom is -0.396 e. The third kappa shape index (κ3) is 3.77. The van der Waals surface area contributed by atoms with Crippen LogP contribution in [-0.4, -0.2) is 17.5 Å². The molecule has 0 aliphatic heterocycles. The molecule has 1 unspecified atom stereocenters. The van der Waals surface area contributed by atoms with E-state index in [0.717, 1.165) is 16.2 Å². The first-order chi connectivity index (χ1) is 7.54. The highest BCUT2D eigenvalue weighted by molar-refractivity contribution is 7.99. The molecule has 0 radical (unpaired) electrons. The molecule has 4 heteroatoms. The van der Waals surface area contributed by atoms with Crippen LogP contribution in [-0.2, 0) is 0 Å². The van der Waals surface area contributed by atoms with E-state index < -0.39 is 0 Å². The fourth-order valence-corrected chi connectivity index (χ4v) is 2.44. The summed E-state index contributed by atoms with van der Waals surface area (Å²) in [5.74, 6) is 0.782. The molecule has 0 saturated heterocycles. The van der Waals surface area contributed by atoms with E-state index in [2.05, 4.69) is 0 Å². The Labute approximate surface area is 100 Å². The Balaban J connectivity index is 2.78. The lowest BCUT2D eigenvalue weighted by molar-refractivity contribution is 0.250. The highest BCUT2D eigenvalue weighted by atomic mass is 32.2. The van der Waals surface area contributed by atoms with Crippen LogP contribution >= 0.6 is 11.8 Å². The van der Waals surface area contributed by atoms with Gasteiger partial charge in [0.15, 0.2) is 0 Å². The van der Waals surface area contributed by atoms with Gasteiger partial charge in [-0.3, -0.25) is 0 Å².